The number of carbonyl (C=O) groups is 2. The maximum atomic E-state index is 11.7. The van der Waals surface area contributed by atoms with Crippen LogP contribution < -0.4 is 0 Å². The van der Waals surface area contributed by atoms with Crippen molar-refractivity contribution in [2.45, 2.75) is 52.2 Å². The Bertz CT molecular complexity index is 311. The Kier molecular flexibility index (Phi) is 5.14. The molecular formula is C13H22O5. The highest BCUT2D eigenvalue weighted by Gasteiger charge is 2.41. The summed E-state index contributed by atoms with van der Waals surface area (Å²) in [6.07, 6.45) is 2.30. The zero-order valence-corrected chi connectivity index (χ0v) is 11.5. The van der Waals surface area contributed by atoms with Crippen molar-refractivity contribution < 1.29 is 23.8 Å². The quantitative estimate of drug-likeness (QED) is 0.718. The van der Waals surface area contributed by atoms with Gasteiger partial charge in [0.15, 0.2) is 0 Å². The van der Waals surface area contributed by atoms with Gasteiger partial charge in [-0.2, -0.15) is 0 Å². The Labute approximate surface area is 108 Å². The van der Waals surface area contributed by atoms with Gasteiger partial charge in [-0.25, -0.2) is 0 Å². The summed E-state index contributed by atoms with van der Waals surface area (Å²) < 4.78 is 15.6. The van der Waals surface area contributed by atoms with Gasteiger partial charge in [-0.1, -0.05) is 0 Å². The number of ether oxygens (including phenoxy) is 3. The first-order valence-corrected chi connectivity index (χ1v) is 6.25. The number of hydrogen-bond acceptors (Lipinski definition) is 5. The smallest absolute Gasteiger partial charge is 0.313 e. The molecule has 0 spiro atoms. The third kappa shape index (κ3) is 3.70. The average molecular weight is 258 g/mol. The maximum absolute atomic E-state index is 11.7. The number of rotatable bonds is 4. The molecule has 0 aromatic rings. The molecule has 1 saturated heterocycles. The molecule has 1 aliphatic heterocycles. The van der Waals surface area contributed by atoms with E-state index >= 15 is 0 Å². The van der Waals surface area contributed by atoms with Crippen molar-refractivity contribution in [3.05, 3.63) is 0 Å². The van der Waals surface area contributed by atoms with Gasteiger partial charge in [-0.3, -0.25) is 9.59 Å². The molecule has 1 heterocycles. The fraction of sp³-hybridized carbons (Fsp3) is 0.846. The summed E-state index contributed by atoms with van der Waals surface area (Å²) >= 11 is 0. The van der Waals surface area contributed by atoms with E-state index in [4.69, 9.17) is 14.2 Å². The standard InChI is InChI=1S/C13H22O5/c1-9(14)17-8-10-6-5-7-11(18-10)13(2,3)12(15)16-4/h10-11H,5-8H2,1-4H3/t10-,11+/m1/s1. The van der Waals surface area contributed by atoms with Crippen LogP contribution in [0.15, 0.2) is 0 Å². The molecule has 0 aliphatic carbocycles. The van der Waals surface area contributed by atoms with Gasteiger partial charge in [0.05, 0.1) is 24.7 Å². The molecule has 104 valence electrons. The zero-order chi connectivity index (χ0) is 13.8. The van der Waals surface area contributed by atoms with E-state index in [0.29, 0.717) is 0 Å². The highest BCUT2D eigenvalue weighted by Crippen LogP contribution is 2.33. The molecule has 2 atom stereocenters. The van der Waals surface area contributed by atoms with Crippen molar-refractivity contribution in [2.75, 3.05) is 13.7 Å². The van der Waals surface area contributed by atoms with Crippen molar-refractivity contribution in [3.8, 4) is 0 Å². The van der Waals surface area contributed by atoms with Gasteiger partial charge in [0.2, 0.25) is 0 Å². The Morgan fingerprint density at radius 3 is 2.56 bits per heavy atom. The second kappa shape index (κ2) is 6.18. The lowest BCUT2D eigenvalue weighted by atomic mass is 9.82. The molecule has 0 unspecified atom stereocenters. The van der Waals surface area contributed by atoms with Crippen LogP contribution in [-0.2, 0) is 23.8 Å². The highest BCUT2D eigenvalue weighted by molar-refractivity contribution is 5.76. The molecule has 5 heteroatoms. The van der Waals surface area contributed by atoms with Crippen molar-refractivity contribution in [1.29, 1.82) is 0 Å². The summed E-state index contributed by atoms with van der Waals surface area (Å²) in [4.78, 5) is 22.5. The lowest BCUT2D eigenvalue weighted by Crippen LogP contribution is -2.45. The first kappa shape index (κ1) is 15.0. The van der Waals surface area contributed by atoms with Crippen LogP contribution >= 0.6 is 0 Å². The predicted molar refractivity (Wildman–Crippen MR) is 64.9 cm³/mol. The summed E-state index contributed by atoms with van der Waals surface area (Å²) in [7, 11) is 1.38. The summed E-state index contributed by atoms with van der Waals surface area (Å²) in [5.41, 5.74) is -0.677. The van der Waals surface area contributed by atoms with Crippen molar-refractivity contribution in [2.24, 2.45) is 5.41 Å². The molecule has 0 bridgehead atoms. The summed E-state index contributed by atoms with van der Waals surface area (Å²) in [6, 6.07) is 0. The Morgan fingerprint density at radius 1 is 1.33 bits per heavy atom. The molecule has 1 aliphatic rings. The SMILES string of the molecule is COC(=O)C(C)(C)[C@@H]1CCC[C@H](COC(C)=O)O1. The van der Waals surface area contributed by atoms with Crippen LogP contribution in [0.1, 0.15) is 40.0 Å². The van der Waals surface area contributed by atoms with E-state index in [9.17, 15) is 9.59 Å². The van der Waals surface area contributed by atoms with E-state index in [1.807, 2.05) is 13.8 Å². The van der Waals surface area contributed by atoms with Crippen LogP contribution in [0, 0.1) is 5.41 Å². The Hall–Kier alpha value is -1.10. The third-order valence-corrected chi connectivity index (χ3v) is 3.34. The normalized spacial score (nSPS) is 24.4. The van der Waals surface area contributed by atoms with Gasteiger partial charge in [-0.05, 0) is 33.1 Å². The summed E-state index contributed by atoms with van der Waals surface area (Å²) in [5, 5.41) is 0. The van der Waals surface area contributed by atoms with Crippen LogP contribution in [0.2, 0.25) is 0 Å². The molecule has 0 N–H and O–H groups in total. The third-order valence-electron chi connectivity index (χ3n) is 3.34. The topological polar surface area (TPSA) is 61.8 Å². The van der Waals surface area contributed by atoms with E-state index < -0.39 is 5.41 Å². The van der Waals surface area contributed by atoms with Gasteiger partial charge in [-0.15, -0.1) is 0 Å². The second-order valence-corrected chi connectivity index (χ2v) is 5.19. The van der Waals surface area contributed by atoms with Gasteiger partial charge in [0.1, 0.15) is 6.61 Å². The number of esters is 2. The van der Waals surface area contributed by atoms with E-state index in [1.165, 1.54) is 14.0 Å². The van der Waals surface area contributed by atoms with E-state index in [2.05, 4.69) is 0 Å². The second-order valence-electron chi connectivity index (χ2n) is 5.19. The minimum absolute atomic E-state index is 0.128. The fourth-order valence-electron chi connectivity index (χ4n) is 2.16. The molecule has 0 saturated carbocycles. The molecule has 0 aromatic heterocycles. The van der Waals surface area contributed by atoms with Crippen molar-refractivity contribution in [3.63, 3.8) is 0 Å². The van der Waals surface area contributed by atoms with Crippen molar-refractivity contribution in [1.82, 2.24) is 0 Å². The zero-order valence-electron chi connectivity index (χ0n) is 11.5. The lowest BCUT2D eigenvalue weighted by molar-refractivity contribution is -0.175. The summed E-state index contributed by atoms with van der Waals surface area (Å²) in [5.74, 6) is -0.589. The number of carbonyl (C=O) groups excluding carboxylic acids is 2. The minimum atomic E-state index is -0.677. The number of hydrogen-bond donors (Lipinski definition) is 0. The molecule has 1 fully saturated rings. The van der Waals surface area contributed by atoms with Crippen LogP contribution in [0.3, 0.4) is 0 Å². The van der Waals surface area contributed by atoms with Gasteiger partial charge >= 0.3 is 11.9 Å². The van der Waals surface area contributed by atoms with Crippen LogP contribution in [0.4, 0.5) is 0 Å². The predicted octanol–water partition coefficient (Wildman–Crippen LogP) is 1.69. The van der Waals surface area contributed by atoms with E-state index in [0.717, 1.165) is 19.3 Å². The molecular weight excluding hydrogens is 236 g/mol. The first-order valence-electron chi connectivity index (χ1n) is 6.25. The highest BCUT2D eigenvalue weighted by atomic mass is 16.6. The molecule has 1 rings (SSSR count). The van der Waals surface area contributed by atoms with Crippen LogP contribution in [-0.4, -0.2) is 37.9 Å². The van der Waals surface area contributed by atoms with Gasteiger partial charge in [0.25, 0.3) is 0 Å². The molecule has 18 heavy (non-hydrogen) atoms. The van der Waals surface area contributed by atoms with Crippen molar-refractivity contribution >= 4 is 11.9 Å². The van der Waals surface area contributed by atoms with Crippen LogP contribution in [0.25, 0.3) is 0 Å². The lowest BCUT2D eigenvalue weighted by Gasteiger charge is -2.37. The Morgan fingerprint density at radius 2 is 2.00 bits per heavy atom. The van der Waals surface area contributed by atoms with E-state index in [1.54, 1.807) is 0 Å². The molecule has 0 amide bonds. The fourth-order valence-corrected chi connectivity index (χ4v) is 2.16. The number of methoxy groups -OCH3 is 1. The largest absolute Gasteiger partial charge is 0.469 e. The van der Waals surface area contributed by atoms with Crippen LogP contribution in [0.5, 0.6) is 0 Å². The molecule has 0 radical (unpaired) electrons. The molecule has 0 aromatic carbocycles. The monoisotopic (exact) mass is 258 g/mol. The van der Waals surface area contributed by atoms with Gasteiger partial charge < -0.3 is 14.2 Å². The van der Waals surface area contributed by atoms with Gasteiger partial charge in [0, 0.05) is 6.92 Å². The van der Waals surface area contributed by atoms with E-state index in [-0.39, 0.29) is 30.8 Å². The minimum Gasteiger partial charge on any atom is -0.469 e. The maximum Gasteiger partial charge on any atom is 0.313 e. The average Bonchev–Trinajstić information content (AvgIpc) is 2.35. The first-order chi connectivity index (χ1) is 8.37. The summed E-state index contributed by atoms with van der Waals surface area (Å²) in [6.45, 7) is 5.26. The molecule has 5 nitrogen and oxygen atoms in total. The Balaban J connectivity index is 2.57.